The molecule has 1 aliphatic rings. The minimum Gasteiger partial charge on any atom is -0.496 e. The molecule has 2 aromatic carbocycles. The number of esters is 1. The van der Waals surface area contributed by atoms with Gasteiger partial charge < -0.3 is 9.47 Å². The van der Waals surface area contributed by atoms with Crippen LogP contribution in [0.5, 0.6) is 5.75 Å². The summed E-state index contributed by atoms with van der Waals surface area (Å²) in [5.74, 6) is 0.844. The van der Waals surface area contributed by atoms with E-state index in [9.17, 15) is 4.79 Å². The molecule has 0 atom stereocenters. The van der Waals surface area contributed by atoms with Gasteiger partial charge in [-0.25, -0.2) is 9.79 Å². The van der Waals surface area contributed by atoms with Crippen molar-refractivity contribution in [3.63, 3.8) is 0 Å². The van der Waals surface area contributed by atoms with Crippen LogP contribution >= 0.6 is 15.9 Å². The van der Waals surface area contributed by atoms with Gasteiger partial charge in [0.1, 0.15) is 5.75 Å². The number of halogens is 1. The minimum absolute atomic E-state index is 0.317. The summed E-state index contributed by atoms with van der Waals surface area (Å²) in [6, 6.07) is 15.4. The Bertz CT molecular complexity index is 827. The second-order valence-electron chi connectivity index (χ2n) is 5.26. The highest BCUT2D eigenvalue weighted by atomic mass is 79.9. The molecule has 0 aliphatic carbocycles. The van der Waals surface area contributed by atoms with Gasteiger partial charge in [0.05, 0.1) is 7.11 Å². The molecule has 0 bridgehead atoms. The fraction of sp³-hybridized carbons (Fsp3) is 0.158. The van der Waals surface area contributed by atoms with Crippen molar-refractivity contribution < 1.29 is 14.3 Å². The van der Waals surface area contributed by atoms with Gasteiger partial charge in [-0.2, -0.15) is 0 Å². The van der Waals surface area contributed by atoms with Crippen LogP contribution in [0.2, 0.25) is 0 Å². The zero-order valence-corrected chi connectivity index (χ0v) is 14.7. The molecule has 3 rings (SSSR count). The molecular weight excluding hydrogens is 370 g/mol. The Morgan fingerprint density at radius 3 is 2.67 bits per heavy atom. The van der Waals surface area contributed by atoms with E-state index >= 15 is 0 Å². The smallest absolute Gasteiger partial charge is 0.363 e. The van der Waals surface area contributed by atoms with Crippen molar-refractivity contribution in [1.29, 1.82) is 0 Å². The molecule has 0 unspecified atom stereocenters. The number of benzene rings is 2. The van der Waals surface area contributed by atoms with E-state index in [-0.39, 0.29) is 0 Å². The summed E-state index contributed by atoms with van der Waals surface area (Å²) in [5.41, 5.74) is 2.26. The number of para-hydroxylation sites is 1. The molecule has 1 heterocycles. The number of cyclic esters (lactones) is 1. The van der Waals surface area contributed by atoms with Gasteiger partial charge in [-0.15, -0.1) is 0 Å². The lowest BCUT2D eigenvalue weighted by Gasteiger charge is -2.07. The van der Waals surface area contributed by atoms with Gasteiger partial charge >= 0.3 is 5.97 Å². The summed E-state index contributed by atoms with van der Waals surface area (Å²) in [6.07, 6.45) is 2.96. The first kappa shape index (κ1) is 16.5. The third-order valence-electron chi connectivity index (χ3n) is 3.66. The zero-order chi connectivity index (χ0) is 16.9. The molecule has 4 nitrogen and oxygen atoms in total. The van der Waals surface area contributed by atoms with Crippen LogP contribution in [-0.2, 0) is 16.0 Å². The molecule has 0 aromatic heterocycles. The molecule has 0 fully saturated rings. The summed E-state index contributed by atoms with van der Waals surface area (Å²) in [6.45, 7) is 0. The lowest BCUT2D eigenvalue weighted by molar-refractivity contribution is -0.130. The predicted octanol–water partition coefficient (Wildman–Crippen LogP) is 4.39. The maximum absolute atomic E-state index is 12.0. The Kier molecular flexibility index (Phi) is 5.11. The van der Waals surface area contributed by atoms with E-state index in [1.807, 2.05) is 48.5 Å². The van der Waals surface area contributed by atoms with Crippen molar-refractivity contribution in [2.75, 3.05) is 7.11 Å². The highest BCUT2D eigenvalue weighted by molar-refractivity contribution is 9.10. The summed E-state index contributed by atoms with van der Waals surface area (Å²) in [7, 11) is 1.64. The van der Waals surface area contributed by atoms with E-state index in [2.05, 4.69) is 20.9 Å². The van der Waals surface area contributed by atoms with E-state index in [1.165, 1.54) is 0 Å². The molecule has 0 N–H and O–H groups in total. The van der Waals surface area contributed by atoms with Crippen LogP contribution in [0.4, 0.5) is 0 Å². The number of hydrogen-bond donors (Lipinski definition) is 0. The highest BCUT2D eigenvalue weighted by Gasteiger charge is 2.23. The molecule has 1 aliphatic heterocycles. The summed E-state index contributed by atoms with van der Waals surface area (Å²) in [5, 5.41) is 0. The Hall–Kier alpha value is -2.40. The molecule has 24 heavy (non-hydrogen) atoms. The van der Waals surface area contributed by atoms with Crippen molar-refractivity contribution in [1.82, 2.24) is 0 Å². The quantitative estimate of drug-likeness (QED) is 0.566. The number of carbonyl (C=O) groups is 1. The lowest BCUT2D eigenvalue weighted by atomic mass is 10.1. The van der Waals surface area contributed by atoms with Crippen LogP contribution < -0.4 is 4.74 Å². The van der Waals surface area contributed by atoms with Gasteiger partial charge in [-0.05, 0) is 35.8 Å². The van der Waals surface area contributed by atoms with Crippen molar-refractivity contribution >= 4 is 33.9 Å². The summed E-state index contributed by atoms with van der Waals surface area (Å²) >= 11 is 3.46. The third-order valence-corrected chi connectivity index (χ3v) is 4.39. The standard InChI is InChI=1S/C19H16BrNO3/c1-23-17-9-5-3-6-13(17)10-11-18-21-16(19(22)24-18)12-14-7-2-4-8-15(14)20/h2-9,12H,10-11H2,1H3/b16-12-. The van der Waals surface area contributed by atoms with Gasteiger partial charge in [0, 0.05) is 10.9 Å². The van der Waals surface area contributed by atoms with Gasteiger partial charge in [-0.3, -0.25) is 0 Å². The third kappa shape index (κ3) is 3.74. The second kappa shape index (κ2) is 7.45. The summed E-state index contributed by atoms with van der Waals surface area (Å²) < 4.78 is 11.5. The van der Waals surface area contributed by atoms with Crippen LogP contribution in [0, 0.1) is 0 Å². The van der Waals surface area contributed by atoms with Gasteiger partial charge in [0.15, 0.2) is 11.6 Å². The molecule has 0 saturated carbocycles. The second-order valence-corrected chi connectivity index (χ2v) is 6.11. The Morgan fingerprint density at radius 2 is 1.88 bits per heavy atom. The van der Waals surface area contributed by atoms with E-state index in [0.717, 1.165) is 21.3 Å². The first-order chi connectivity index (χ1) is 11.7. The van der Waals surface area contributed by atoms with Crippen molar-refractivity contribution in [2.24, 2.45) is 4.99 Å². The van der Waals surface area contributed by atoms with Crippen molar-refractivity contribution in [2.45, 2.75) is 12.8 Å². The maximum atomic E-state index is 12.0. The summed E-state index contributed by atoms with van der Waals surface area (Å²) in [4.78, 5) is 16.3. The molecular formula is C19H16BrNO3. The number of ether oxygens (including phenoxy) is 2. The fourth-order valence-corrected chi connectivity index (χ4v) is 2.85. The van der Waals surface area contributed by atoms with Crippen molar-refractivity contribution in [3.05, 3.63) is 69.8 Å². The zero-order valence-electron chi connectivity index (χ0n) is 13.2. The van der Waals surface area contributed by atoms with E-state index in [4.69, 9.17) is 9.47 Å². The van der Waals surface area contributed by atoms with Gasteiger partial charge in [-0.1, -0.05) is 52.3 Å². The molecule has 0 radical (unpaired) electrons. The van der Waals surface area contributed by atoms with Gasteiger partial charge in [0.2, 0.25) is 0 Å². The Labute approximate surface area is 148 Å². The number of methoxy groups -OCH3 is 1. The van der Waals surface area contributed by atoms with Crippen LogP contribution in [0.3, 0.4) is 0 Å². The van der Waals surface area contributed by atoms with Gasteiger partial charge in [0.25, 0.3) is 0 Å². The first-order valence-electron chi connectivity index (χ1n) is 7.55. The fourth-order valence-electron chi connectivity index (χ4n) is 2.45. The maximum Gasteiger partial charge on any atom is 0.363 e. The molecule has 0 amide bonds. The van der Waals surface area contributed by atoms with Crippen LogP contribution in [0.15, 0.2) is 63.7 Å². The molecule has 122 valence electrons. The number of nitrogens with zero attached hydrogens (tertiary/aromatic N) is 1. The van der Waals surface area contributed by atoms with E-state index < -0.39 is 5.97 Å². The molecule has 0 saturated heterocycles. The number of aryl methyl sites for hydroxylation is 1. The SMILES string of the molecule is COc1ccccc1CCC1=N/C(=C\c2ccccc2Br)C(=O)O1. The largest absolute Gasteiger partial charge is 0.496 e. The van der Waals surface area contributed by atoms with Crippen LogP contribution in [0.1, 0.15) is 17.5 Å². The number of rotatable bonds is 5. The molecule has 0 spiro atoms. The van der Waals surface area contributed by atoms with Crippen LogP contribution in [-0.4, -0.2) is 19.0 Å². The average Bonchev–Trinajstić information content (AvgIpc) is 2.95. The molecule has 2 aromatic rings. The predicted molar refractivity (Wildman–Crippen MR) is 97.0 cm³/mol. The average molecular weight is 386 g/mol. The number of aliphatic imine (C=N–C) groups is 1. The number of hydrogen-bond acceptors (Lipinski definition) is 4. The topological polar surface area (TPSA) is 47.9 Å². The lowest BCUT2D eigenvalue weighted by Crippen LogP contribution is -2.05. The highest BCUT2D eigenvalue weighted by Crippen LogP contribution is 2.24. The first-order valence-corrected chi connectivity index (χ1v) is 8.34. The normalized spacial score (nSPS) is 15.3. The van der Waals surface area contributed by atoms with E-state index in [0.29, 0.717) is 24.4 Å². The Morgan fingerprint density at radius 1 is 1.12 bits per heavy atom. The number of carbonyl (C=O) groups excluding carboxylic acids is 1. The monoisotopic (exact) mass is 385 g/mol. The van der Waals surface area contributed by atoms with Crippen LogP contribution in [0.25, 0.3) is 6.08 Å². The van der Waals surface area contributed by atoms with E-state index in [1.54, 1.807) is 13.2 Å². The van der Waals surface area contributed by atoms with Crippen molar-refractivity contribution in [3.8, 4) is 5.75 Å². The molecule has 5 heteroatoms. The Balaban J connectivity index is 1.74. The minimum atomic E-state index is -0.416.